The maximum atomic E-state index is 11.3. The molecule has 0 aromatic carbocycles. The van der Waals surface area contributed by atoms with Crippen LogP contribution in [0.25, 0.3) is 0 Å². The molecule has 6 heteroatoms. The van der Waals surface area contributed by atoms with Crippen molar-refractivity contribution in [3.8, 4) is 0 Å². The number of carbonyl (C=O) groups excluding carboxylic acids is 2. The molecule has 3 amide bonds. The van der Waals surface area contributed by atoms with Crippen molar-refractivity contribution in [1.29, 1.82) is 0 Å². The molecule has 94 valence electrons. The maximum absolute atomic E-state index is 11.3. The first-order valence-corrected chi connectivity index (χ1v) is 5.59. The Morgan fingerprint density at radius 3 is 2.56 bits per heavy atom. The smallest absolute Gasteiger partial charge is 0.312 e. The molecule has 5 N–H and O–H groups in total. The van der Waals surface area contributed by atoms with Crippen molar-refractivity contribution in [2.24, 2.45) is 5.73 Å². The second-order valence-electron chi connectivity index (χ2n) is 3.73. The summed E-state index contributed by atoms with van der Waals surface area (Å²) in [5.41, 5.74) is 4.88. The van der Waals surface area contributed by atoms with Gasteiger partial charge in [0.15, 0.2) is 0 Å². The highest BCUT2D eigenvalue weighted by molar-refractivity contribution is 5.78. The van der Waals surface area contributed by atoms with Crippen LogP contribution in [0.15, 0.2) is 0 Å². The second-order valence-corrected chi connectivity index (χ2v) is 3.73. The third kappa shape index (κ3) is 9.26. The van der Waals surface area contributed by atoms with Crippen LogP contribution < -0.4 is 21.7 Å². The lowest BCUT2D eigenvalue weighted by molar-refractivity contribution is -0.120. The molecule has 0 saturated heterocycles. The van der Waals surface area contributed by atoms with Crippen molar-refractivity contribution >= 4 is 11.9 Å². The van der Waals surface area contributed by atoms with Crippen LogP contribution in [-0.4, -0.2) is 37.6 Å². The Kier molecular flexibility index (Phi) is 8.24. The molecule has 1 unspecified atom stereocenters. The monoisotopic (exact) mass is 230 g/mol. The van der Waals surface area contributed by atoms with Crippen LogP contribution >= 0.6 is 0 Å². The zero-order valence-electron chi connectivity index (χ0n) is 10.0. The normalized spacial score (nSPS) is 11.9. The number of hydrogen-bond acceptors (Lipinski definition) is 3. The van der Waals surface area contributed by atoms with Crippen molar-refractivity contribution in [3.63, 3.8) is 0 Å². The summed E-state index contributed by atoms with van der Waals surface area (Å²) in [7, 11) is 0. The number of rotatable bonds is 8. The lowest BCUT2D eigenvalue weighted by Gasteiger charge is -2.13. The van der Waals surface area contributed by atoms with Gasteiger partial charge >= 0.3 is 6.03 Å². The molecule has 0 aromatic heterocycles. The number of carbonyl (C=O) groups is 2. The molecule has 1 atom stereocenters. The van der Waals surface area contributed by atoms with Gasteiger partial charge in [0.2, 0.25) is 5.91 Å². The van der Waals surface area contributed by atoms with E-state index in [4.69, 9.17) is 5.73 Å². The van der Waals surface area contributed by atoms with E-state index in [0.717, 1.165) is 12.8 Å². The van der Waals surface area contributed by atoms with E-state index in [1.54, 1.807) is 0 Å². The fourth-order valence-corrected chi connectivity index (χ4v) is 1.31. The van der Waals surface area contributed by atoms with Gasteiger partial charge in [-0.05, 0) is 13.3 Å². The first-order chi connectivity index (χ1) is 7.56. The van der Waals surface area contributed by atoms with Gasteiger partial charge in [0.1, 0.15) is 0 Å². The number of nitrogens with two attached hydrogens (primary N) is 1. The standard InChI is InChI=1S/C10H22N4O2/c1-3-4-8(2)14-9(15)7-12-5-6-13-10(11)16/h8,12H,3-7H2,1-2H3,(H,14,15)(H3,11,13,16). The van der Waals surface area contributed by atoms with Crippen molar-refractivity contribution in [2.75, 3.05) is 19.6 Å². The Labute approximate surface area is 96.3 Å². The second kappa shape index (κ2) is 8.96. The molecule has 0 aliphatic heterocycles. The third-order valence-electron chi connectivity index (χ3n) is 2.02. The molecule has 0 fully saturated rings. The summed E-state index contributed by atoms with van der Waals surface area (Å²) in [5, 5.41) is 8.20. The van der Waals surface area contributed by atoms with E-state index in [1.165, 1.54) is 0 Å². The molecule has 0 heterocycles. The van der Waals surface area contributed by atoms with Gasteiger partial charge in [0, 0.05) is 19.1 Å². The van der Waals surface area contributed by atoms with Crippen LogP contribution in [0.4, 0.5) is 4.79 Å². The summed E-state index contributed by atoms with van der Waals surface area (Å²) in [5.74, 6) is -0.0278. The van der Waals surface area contributed by atoms with Gasteiger partial charge in [-0.1, -0.05) is 13.3 Å². The van der Waals surface area contributed by atoms with E-state index >= 15 is 0 Å². The van der Waals surface area contributed by atoms with Gasteiger partial charge in [-0.15, -0.1) is 0 Å². The highest BCUT2D eigenvalue weighted by Crippen LogP contribution is 1.93. The van der Waals surface area contributed by atoms with Crippen LogP contribution in [-0.2, 0) is 4.79 Å². The first kappa shape index (κ1) is 14.7. The van der Waals surface area contributed by atoms with Gasteiger partial charge < -0.3 is 21.7 Å². The van der Waals surface area contributed by atoms with E-state index in [2.05, 4.69) is 22.9 Å². The minimum Gasteiger partial charge on any atom is -0.353 e. The van der Waals surface area contributed by atoms with E-state index in [-0.39, 0.29) is 18.5 Å². The predicted octanol–water partition coefficient (Wildman–Crippen LogP) is -0.451. The molecule has 0 aliphatic rings. The van der Waals surface area contributed by atoms with Gasteiger partial charge in [-0.2, -0.15) is 0 Å². The molecular formula is C10H22N4O2. The summed E-state index contributed by atoms with van der Waals surface area (Å²) < 4.78 is 0. The quantitative estimate of drug-likeness (QED) is 0.425. The Balaban J connectivity index is 3.40. The maximum Gasteiger partial charge on any atom is 0.312 e. The highest BCUT2D eigenvalue weighted by Gasteiger charge is 2.05. The van der Waals surface area contributed by atoms with Gasteiger partial charge in [0.05, 0.1) is 6.54 Å². The van der Waals surface area contributed by atoms with Crippen LogP contribution in [0.1, 0.15) is 26.7 Å². The minimum atomic E-state index is -0.553. The Morgan fingerprint density at radius 2 is 2.00 bits per heavy atom. The highest BCUT2D eigenvalue weighted by atomic mass is 16.2. The number of amides is 3. The molecule has 6 nitrogen and oxygen atoms in total. The topological polar surface area (TPSA) is 96.2 Å². The van der Waals surface area contributed by atoms with Gasteiger partial charge in [-0.3, -0.25) is 4.79 Å². The molecule has 0 aromatic rings. The summed E-state index contributed by atoms with van der Waals surface area (Å²) in [6, 6.07) is -0.342. The van der Waals surface area contributed by atoms with Crippen LogP contribution in [0, 0.1) is 0 Å². The molecular weight excluding hydrogens is 208 g/mol. The molecule has 0 aliphatic carbocycles. The lowest BCUT2D eigenvalue weighted by Crippen LogP contribution is -2.41. The SMILES string of the molecule is CCCC(C)NC(=O)CNCCNC(N)=O. The molecule has 16 heavy (non-hydrogen) atoms. The number of hydrogen-bond donors (Lipinski definition) is 4. The van der Waals surface area contributed by atoms with Gasteiger partial charge in [-0.25, -0.2) is 4.79 Å². The van der Waals surface area contributed by atoms with Gasteiger partial charge in [0.25, 0.3) is 0 Å². The van der Waals surface area contributed by atoms with E-state index in [0.29, 0.717) is 13.1 Å². The van der Waals surface area contributed by atoms with Crippen LogP contribution in [0.5, 0.6) is 0 Å². The fourth-order valence-electron chi connectivity index (χ4n) is 1.31. The van der Waals surface area contributed by atoms with E-state index < -0.39 is 6.03 Å². The zero-order chi connectivity index (χ0) is 12.4. The fraction of sp³-hybridized carbons (Fsp3) is 0.800. The summed E-state index contributed by atoms with van der Waals surface area (Å²) in [6.07, 6.45) is 2.03. The largest absolute Gasteiger partial charge is 0.353 e. The molecule has 0 bridgehead atoms. The predicted molar refractivity (Wildman–Crippen MR) is 63.0 cm³/mol. The van der Waals surface area contributed by atoms with Crippen molar-refractivity contribution in [3.05, 3.63) is 0 Å². The van der Waals surface area contributed by atoms with E-state index in [1.807, 2.05) is 6.92 Å². The first-order valence-electron chi connectivity index (χ1n) is 5.59. The zero-order valence-corrected chi connectivity index (χ0v) is 10.0. The Hall–Kier alpha value is -1.30. The van der Waals surface area contributed by atoms with Crippen molar-refractivity contribution in [2.45, 2.75) is 32.7 Å². The van der Waals surface area contributed by atoms with Crippen molar-refractivity contribution in [1.82, 2.24) is 16.0 Å². The average molecular weight is 230 g/mol. The van der Waals surface area contributed by atoms with Crippen molar-refractivity contribution < 1.29 is 9.59 Å². The minimum absolute atomic E-state index is 0.0278. The van der Waals surface area contributed by atoms with Crippen LogP contribution in [0.2, 0.25) is 0 Å². The molecule has 0 saturated carbocycles. The number of primary amides is 1. The summed E-state index contributed by atoms with van der Waals surface area (Å²) in [4.78, 5) is 21.7. The average Bonchev–Trinajstić information content (AvgIpc) is 2.16. The Bertz CT molecular complexity index is 221. The Morgan fingerprint density at radius 1 is 1.31 bits per heavy atom. The van der Waals surface area contributed by atoms with Crippen LogP contribution in [0.3, 0.4) is 0 Å². The summed E-state index contributed by atoms with van der Waals surface area (Å²) >= 11 is 0. The number of urea groups is 1. The lowest BCUT2D eigenvalue weighted by atomic mass is 10.2. The molecule has 0 spiro atoms. The molecule has 0 radical (unpaired) electrons. The molecule has 0 rings (SSSR count). The summed E-state index contributed by atoms with van der Waals surface area (Å²) in [6.45, 7) is 5.27. The third-order valence-corrected chi connectivity index (χ3v) is 2.02. The number of nitrogens with one attached hydrogen (secondary N) is 3. The van der Waals surface area contributed by atoms with E-state index in [9.17, 15) is 9.59 Å².